The van der Waals surface area contributed by atoms with Crippen LogP contribution in [-0.2, 0) is 9.47 Å². The predicted octanol–water partition coefficient (Wildman–Crippen LogP) is 4.50. The first-order chi connectivity index (χ1) is 8.32. The fourth-order valence-electron chi connectivity index (χ4n) is 1.73. The van der Waals surface area contributed by atoms with Gasteiger partial charge in [0.05, 0.1) is 12.2 Å². The number of rotatable bonds is 6. The average Bonchev–Trinajstić information content (AvgIpc) is 2.20. The number of hydrogen-bond acceptors (Lipinski definition) is 2. The molecule has 0 radical (unpaired) electrons. The monoisotopic (exact) mass is 296 g/mol. The first-order valence-electron chi connectivity index (χ1n) is 5.79. The molecule has 0 fully saturated rings. The van der Waals surface area contributed by atoms with Crippen LogP contribution in [0.1, 0.15) is 34.1 Å². The lowest BCUT2D eigenvalue weighted by Crippen LogP contribution is -2.48. The molecule has 116 valence electrons. The summed E-state index contributed by atoms with van der Waals surface area (Å²) < 4.78 is 80.7. The van der Waals surface area contributed by atoms with E-state index in [0.29, 0.717) is 6.42 Å². The second kappa shape index (κ2) is 6.30. The molecule has 0 aliphatic heterocycles. The van der Waals surface area contributed by atoms with Gasteiger partial charge in [-0.3, -0.25) is 9.47 Å². The molecule has 0 saturated heterocycles. The van der Waals surface area contributed by atoms with Crippen molar-refractivity contribution in [2.45, 2.75) is 52.4 Å². The summed E-state index contributed by atoms with van der Waals surface area (Å²) in [5.41, 5.74) is -1.78. The van der Waals surface area contributed by atoms with Crippen LogP contribution in [0.3, 0.4) is 0 Å². The van der Waals surface area contributed by atoms with Crippen molar-refractivity contribution in [1.29, 1.82) is 0 Å². The average molecular weight is 296 g/mol. The van der Waals surface area contributed by atoms with Crippen LogP contribution in [0.4, 0.5) is 26.3 Å². The minimum atomic E-state index is -4.91. The van der Waals surface area contributed by atoms with Crippen LogP contribution in [0, 0.1) is 11.8 Å². The van der Waals surface area contributed by atoms with E-state index in [-0.39, 0.29) is 0 Å². The minimum absolute atomic E-state index is 0.336. The van der Waals surface area contributed by atoms with Crippen molar-refractivity contribution in [3.05, 3.63) is 0 Å². The van der Waals surface area contributed by atoms with Gasteiger partial charge in [0.2, 0.25) is 0 Å². The molecule has 0 amide bonds. The third kappa shape index (κ3) is 6.47. The normalized spacial score (nSPS) is 19.9. The molecule has 0 saturated carbocycles. The maximum absolute atomic E-state index is 12.4. The lowest BCUT2D eigenvalue weighted by molar-refractivity contribution is -0.387. The molecule has 3 unspecified atom stereocenters. The van der Waals surface area contributed by atoms with Gasteiger partial charge in [-0.2, -0.15) is 0 Å². The zero-order valence-corrected chi connectivity index (χ0v) is 11.2. The van der Waals surface area contributed by atoms with Gasteiger partial charge in [0.1, 0.15) is 0 Å². The molecule has 0 spiro atoms. The van der Waals surface area contributed by atoms with Gasteiger partial charge in [-0.1, -0.05) is 27.2 Å². The van der Waals surface area contributed by atoms with E-state index >= 15 is 0 Å². The van der Waals surface area contributed by atoms with E-state index in [2.05, 4.69) is 9.47 Å². The summed E-state index contributed by atoms with van der Waals surface area (Å²) in [5, 5.41) is 0. The predicted molar refractivity (Wildman–Crippen MR) is 56.2 cm³/mol. The molecule has 0 aromatic heterocycles. The van der Waals surface area contributed by atoms with Crippen molar-refractivity contribution in [2.24, 2.45) is 11.8 Å². The number of alkyl halides is 6. The van der Waals surface area contributed by atoms with E-state index in [1.54, 1.807) is 6.92 Å². The first kappa shape index (κ1) is 18.5. The minimum Gasteiger partial charge on any atom is -0.292 e. The second-order valence-electron chi connectivity index (χ2n) is 4.70. The number of halogens is 6. The number of ether oxygens (including phenoxy) is 2. The summed E-state index contributed by atoms with van der Waals surface area (Å²) in [6.45, 7) is 4.64. The molecular weight excluding hydrogens is 278 g/mol. The van der Waals surface area contributed by atoms with Gasteiger partial charge in [0.25, 0.3) is 0 Å². The van der Waals surface area contributed by atoms with Gasteiger partial charge < -0.3 is 0 Å². The molecule has 0 aromatic rings. The third-order valence-corrected chi connectivity index (χ3v) is 3.40. The highest BCUT2D eigenvalue weighted by atomic mass is 19.4. The first-order valence-corrected chi connectivity index (χ1v) is 5.79. The van der Waals surface area contributed by atoms with Gasteiger partial charge >= 0.3 is 12.7 Å². The summed E-state index contributed by atoms with van der Waals surface area (Å²) in [7, 11) is 0. The smallest absolute Gasteiger partial charge is 0.292 e. The Hall–Kier alpha value is -0.500. The largest absolute Gasteiger partial charge is 0.523 e. The molecule has 0 aliphatic rings. The molecule has 0 bridgehead atoms. The summed E-state index contributed by atoms with van der Waals surface area (Å²) in [6.07, 6.45) is -9.45. The highest BCUT2D eigenvalue weighted by molar-refractivity contribution is 4.86. The molecule has 2 nitrogen and oxygen atoms in total. The van der Waals surface area contributed by atoms with E-state index < -0.39 is 36.8 Å². The molecule has 0 heterocycles. The van der Waals surface area contributed by atoms with E-state index in [9.17, 15) is 26.3 Å². The zero-order chi connectivity index (χ0) is 15.5. The summed E-state index contributed by atoms with van der Waals surface area (Å²) in [5.74, 6) is -1.66. The summed E-state index contributed by atoms with van der Waals surface area (Å²) in [4.78, 5) is 0. The van der Waals surface area contributed by atoms with Gasteiger partial charge in [0.15, 0.2) is 0 Å². The number of hydrogen-bond donors (Lipinski definition) is 0. The molecule has 3 atom stereocenters. The van der Waals surface area contributed by atoms with E-state index in [1.807, 2.05) is 0 Å². The Morgan fingerprint density at radius 2 is 1.37 bits per heavy atom. The Labute approximate surface area is 108 Å². The van der Waals surface area contributed by atoms with Crippen LogP contribution >= 0.6 is 0 Å². The Balaban J connectivity index is 4.93. The van der Waals surface area contributed by atoms with Gasteiger partial charge in [-0.25, -0.2) is 0 Å². The Kier molecular flexibility index (Phi) is 6.13. The SMILES string of the molecule is CCC(C)C(C)(OC(F)(F)F)C(C)COC(F)(F)F. The van der Waals surface area contributed by atoms with Crippen molar-refractivity contribution >= 4 is 0 Å². The Morgan fingerprint density at radius 1 is 0.895 bits per heavy atom. The van der Waals surface area contributed by atoms with Crippen molar-refractivity contribution in [3.8, 4) is 0 Å². The lowest BCUT2D eigenvalue weighted by atomic mass is 9.79. The van der Waals surface area contributed by atoms with Crippen LogP contribution in [0.2, 0.25) is 0 Å². The molecule has 0 aliphatic carbocycles. The van der Waals surface area contributed by atoms with Crippen LogP contribution in [0.5, 0.6) is 0 Å². The lowest BCUT2D eigenvalue weighted by Gasteiger charge is -2.40. The van der Waals surface area contributed by atoms with Crippen molar-refractivity contribution < 1.29 is 35.8 Å². The maximum Gasteiger partial charge on any atom is 0.523 e. The van der Waals surface area contributed by atoms with Gasteiger partial charge in [-0.15, -0.1) is 26.3 Å². The molecule has 8 heteroatoms. The fraction of sp³-hybridized carbons (Fsp3) is 1.00. The van der Waals surface area contributed by atoms with Gasteiger partial charge in [0, 0.05) is 5.92 Å². The topological polar surface area (TPSA) is 18.5 Å². The van der Waals surface area contributed by atoms with E-state index in [1.165, 1.54) is 13.8 Å². The van der Waals surface area contributed by atoms with E-state index in [4.69, 9.17) is 0 Å². The standard InChI is InChI=1S/C11H18F6O2/c1-5-7(2)9(4,19-11(15,16)17)8(3)6-18-10(12,13)14/h7-8H,5-6H2,1-4H3. The summed E-state index contributed by atoms with van der Waals surface area (Å²) >= 11 is 0. The quantitative estimate of drug-likeness (QED) is 0.672. The molecule has 19 heavy (non-hydrogen) atoms. The van der Waals surface area contributed by atoms with E-state index in [0.717, 1.165) is 6.92 Å². The highest BCUT2D eigenvalue weighted by Gasteiger charge is 2.47. The highest BCUT2D eigenvalue weighted by Crippen LogP contribution is 2.38. The van der Waals surface area contributed by atoms with Crippen molar-refractivity contribution in [2.75, 3.05) is 6.61 Å². The fourth-order valence-corrected chi connectivity index (χ4v) is 1.73. The van der Waals surface area contributed by atoms with Crippen LogP contribution < -0.4 is 0 Å². The van der Waals surface area contributed by atoms with Crippen molar-refractivity contribution in [1.82, 2.24) is 0 Å². The maximum atomic E-state index is 12.4. The van der Waals surface area contributed by atoms with Gasteiger partial charge in [-0.05, 0) is 12.8 Å². The van der Waals surface area contributed by atoms with Crippen LogP contribution in [-0.4, -0.2) is 24.9 Å². The van der Waals surface area contributed by atoms with Crippen LogP contribution in [0.25, 0.3) is 0 Å². The Morgan fingerprint density at radius 3 is 1.68 bits per heavy atom. The zero-order valence-electron chi connectivity index (χ0n) is 11.2. The Bertz CT molecular complexity index is 275. The molecule has 0 aromatic carbocycles. The summed E-state index contributed by atoms with van der Waals surface area (Å²) in [6, 6.07) is 0. The van der Waals surface area contributed by atoms with Crippen LogP contribution in [0.15, 0.2) is 0 Å². The third-order valence-electron chi connectivity index (χ3n) is 3.40. The molecule has 0 N–H and O–H groups in total. The second-order valence-corrected chi connectivity index (χ2v) is 4.70. The van der Waals surface area contributed by atoms with Crippen molar-refractivity contribution in [3.63, 3.8) is 0 Å². The molecular formula is C11H18F6O2. The molecule has 0 rings (SSSR count).